The van der Waals surface area contributed by atoms with Crippen LogP contribution in [-0.2, 0) is 24.0 Å². The Balaban J connectivity index is 0.000000199. The third-order valence-electron chi connectivity index (χ3n) is 14.0. The smallest absolute Gasteiger partial charge is 0.268 e. The molecule has 0 unspecified atom stereocenters. The predicted molar refractivity (Wildman–Crippen MR) is 249 cm³/mol. The fourth-order valence-corrected chi connectivity index (χ4v) is 9.69. The zero-order valence-corrected chi connectivity index (χ0v) is 38.3. The minimum atomic E-state index is -0.947. The first-order valence-corrected chi connectivity index (χ1v) is 23.6. The number of amides is 5. The molecule has 2 heterocycles. The van der Waals surface area contributed by atoms with Crippen molar-refractivity contribution in [1.29, 1.82) is 5.26 Å². The average Bonchev–Trinajstić information content (AvgIpc) is 4.11. The lowest BCUT2D eigenvalue weighted by Gasteiger charge is -2.30. The van der Waals surface area contributed by atoms with Crippen molar-refractivity contribution in [3.63, 3.8) is 0 Å². The van der Waals surface area contributed by atoms with Crippen molar-refractivity contribution in [3.8, 4) is 17.6 Å². The number of nitrogens with zero attached hydrogens (tertiary/aromatic N) is 1. The number of nitriles is 1. The number of aromatic amines is 2. The lowest BCUT2D eigenvalue weighted by molar-refractivity contribution is -0.130. The van der Waals surface area contributed by atoms with Crippen LogP contribution in [0.5, 0.6) is 11.5 Å². The van der Waals surface area contributed by atoms with Crippen molar-refractivity contribution in [1.82, 2.24) is 31.2 Å². The largest absolute Gasteiger partial charge is 0.496 e. The van der Waals surface area contributed by atoms with Crippen molar-refractivity contribution < 1.29 is 43.0 Å². The number of rotatable bonds is 19. The summed E-state index contributed by atoms with van der Waals surface area (Å²) >= 11 is 0. The van der Waals surface area contributed by atoms with E-state index in [-0.39, 0.29) is 41.6 Å². The summed E-state index contributed by atoms with van der Waals surface area (Å²) < 4.78 is 10.7. The van der Waals surface area contributed by atoms with E-state index in [4.69, 9.17) is 15.2 Å². The van der Waals surface area contributed by atoms with Crippen molar-refractivity contribution in [2.45, 2.75) is 127 Å². The number of carbonyl (C=O) groups is 7. The monoisotopic (exact) mass is 918 g/mol. The van der Waals surface area contributed by atoms with Gasteiger partial charge in [-0.25, -0.2) is 0 Å². The van der Waals surface area contributed by atoms with E-state index in [9.17, 15) is 38.8 Å². The van der Waals surface area contributed by atoms with Crippen LogP contribution in [0.1, 0.15) is 124 Å². The third-order valence-corrected chi connectivity index (χ3v) is 14.0. The Labute approximate surface area is 389 Å². The highest BCUT2D eigenvalue weighted by atomic mass is 16.5. The molecule has 8 N–H and O–H groups in total. The number of hydrogen-bond donors (Lipinski definition) is 7. The van der Waals surface area contributed by atoms with Crippen LogP contribution in [0.15, 0.2) is 48.5 Å². The van der Waals surface area contributed by atoms with Gasteiger partial charge in [0, 0.05) is 46.5 Å². The van der Waals surface area contributed by atoms with Crippen molar-refractivity contribution >= 4 is 62.9 Å². The number of H-pyrrole nitrogens is 2. The fraction of sp³-hybridized carbons (Fsp3) is 0.520. The van der Waals surface area contributed by atoms with Gasteiger partial charge in [0.2, 0.25) is 17.7 Å². The number of ether oxygens (including phenoxy) is 2. The van der Waals surface area contributed by atoms with E-state index in [1.54, 1.807) is 26.4 Å². The number of carbonyl (C=O) groups excluding carboxylic acids is 7. The molecule has 4 aromatic rings. The van der Waals surface area contributed by atoms with Crippen molar-refractivity contribution in [3.05, 3.63) is 59.9 Å². The number of benzene rings is 2. The highest BCUT2D eigenvalue weighted by molar-refractivity contribution is 6.03. The molecule has 0 bridgehead atoms. The number of ketones is 2. The second kappa shape index (κ2) is 22.2. The standard InChI is InChI=1S/C25H32N4O5.C25H30N4O4/c1-34-22-10-4-8-17-16(22)13-20(27-17)25(33)29-19(11-14-5-2-6-14)24(32)28-18(23(26)31)12-15-7-3-9-21(15)30;1-33-23-10-4-8-19-18(23)13-21(28-19)25(32)29-20(11-15-5-2-6-15)24(31)27-17(14-26)12-16-7-3-9-22(16)30/h4,8,10,13-15,18-19,27H,2-3,5-7,9,11-12H2,1H3,(H2,26,31)(H,28,32)(H,29,33);4,8,10,13,15-17,20,28H,2-3,5-7,9,11-12H2,1H3,(H,27,31)(H,29,32)/t15-,18-,19-;16-,17-,20-/m00/s1. The van der Waals surface area contributed by atoms with E-state index < -0.39 is 41.9 Å². The molecule has 2 aromatic carbocycles. The normalized spacial score (nSPS) is 20.0. The van der Waals surface area contributed by atoms with Gasteiger partial charge in [0.05, 0.1) is 20.3 Å². The van der Waals surface area contributed by atoms with E-state index >= 15 is 0 Å². The molecule has 17 heteroatoms. The maximum Gasteiger partial charge on any atom is 0.268 e. The number of nitrogens with two attached hydrogens (primary N) is 1. The summed E-state index contributed by atoms with van der Waals surface area (Å²) in [4.78, 5) is 94.5. The zero-order chi connectivity index (χ0) is 47.6. The summed E-state index contributed by atoms with van der Waals surface area (Å²) in [7, 11) is 3.14. The van der Waals surface area contributed by atoms with E-state index in [0.717, 1.165) is 79.6 Å². The summed E-state index contributed by atoms with van der Waals surface area (Å²) in [6, 6.07) is 13.3. The summed E-state index contributed by atoms with van der Waals surface area (Å²) in [6.07, 6.45) is 12.0. The topological polar surface area (TPSA) is 267 Å². The number of methoxy groups -OCH3 is 2. The average molecular weight is 919 g/mol. The van der Waals surface area contributed by atoms with Crippen LogP contribution in [0.3, 0.4) is 0 Å². The van der Waals surface area contributed by atoms with Gasteiger partial charge in [0.25, 0.3) is 11.8 Å². The Hall–Kier alpha value is -6.70. The molecule has 356 valence electrons. The summed E-state index contributed by atoms with van der Waals surface area (Å²) in [5, 5.41) is 22.3. The predicted octanol–water partition coefficient (Wildman–Crippen LogP) is 5.43. The summed E-state index contributed by atoms with van der Waals surface area (Å²) in [6.45, 7) is 0. The Morgan fingerprint density at radius 2 is 1.10 bits per heavy atom. The first kappa shape index (κ1) is 48.2. The van der Waals surface area contributed by atoms with Gasteiger partial charge in [-0.05, 0) is 99.6 Å². The van der Waals surface area contributed by atoms with Crippen LogP contribution in [0.4, 0.5) is 0 Å². The molecule has 2 aromatic heterocycles. The van der Waals surface area contributed by atoms with Crippen LogP contribution in [-0.4, -0.2) is 89.5 Å². The van der Waals surface area contributed by atoms with Crippen LogP contribution < -0.4 is 36.5 Å². The third kappa shape index (κ3) is 12.0. The maximum atomic E-state index is 13.2. The Kier molecular flexibility index (Phi) is 16.0. The molecule has 17 nitrogen and oxygen atoms in total. The number of primary amides is 1. The van der Waals surface area contributed by atoms with Gasteiger partial charge in [-0.2, -0.15) is 5.26 Å². The molecule has 4 fully saturated rings. The zero-order valence-electron chi connectivity index (χ0n) is 38.3. The Morgan fingerprint density at radius 3 is 1.49 bits per heavy atom. The summed E-state index contributed by atoms with van der Waals surface area (Å²) in [5.74, 6) is -0.461. The van der Waals surface area contributed by atoms with Crippen molar-refractivity contribution in [2.75, 3.05) is 14.2 Å². The van der Waals surface area contributed by atoms with Gasteiger partial charge < -0.3 is 46.4 Å². The van der Waals surface area contributed by atoms with E-state index in [0.29, 0.717) is 73.2 Å². The minimum Gasteiger partial charge on any atom is -0.496 e. The number of aromatic nitrogens is 2. The van der Waals surface area contributed by atoms with Crippen LogP contribution >= 0.6 is 0 Å². The fourth-order valence-electron chi connectivity index (χ4n) is 9.69. The SMILES string of the molecule is COc1cccc2[nH]c(C(=O)N[C@@H](CC3CCC3)C(=O)N[C@@H](C[C@@H]3CCCC3=O)C(N)=O)cc12.COc1cccc2[nH]c(C(=O)N[C@@H](CC3CCC3)C(=O)N[C@H](C#N)C[C@@H]3CCCC3=O)cc12. The van der Waals surface area contributed by atoms with Gasteiger partial charge in [-0.3, -0.25) is 33.6 Å². The lowest BCUT2D eigenvalue weighted by atomic mass is 9.80. The minimum absolute atomic E-state index is 0.106. The molecule has 6 atom stereocenters. The van der Waals surface area contributed by atoms with E-state index in [1.165, 1.54) is 0 Å². The highest BCUT2D eigenvalue weighted by Gasteiger charge is 2.35. The Morgan fingerprint density at radius 1 is 0.642 bits per heavy atom. The molecular weight excluding hydrogens is 857 g/mol. The van der Waals surface area contributed by atoms with E-state index in [2.05, 4.69) is 37.3 Å². The quantitative estimate of drug-likeness (QED) is 0.0627. The lowest BCUT2D eigenvalue weighted by Crippen LogP contribution is -2.54. The molecule has 5 amide bonds. The molecule has 4 aliphatic carbocycles. The molecular formula is C50H62N8O9. The van der Waals surface area contributed by atoms with Gasteiger partial charge in [-0.15, -0.1) is 0 Å². The van der Waals surface area contributed by atoms with Crippen LogP contribution in [0.25, 0.3) is 21.8 Å². The van der Waals surface area contributed by atoms with Gasteiger partial charge in [0.15, 0.2) is 0 Å². The van der Waals surface area contributed by atoms with Gasteiger partial charge >= 0.3 is 0 Å². The molecule has 0 aliphatic heterocycles. The number of hydrogen-bond acceptors (Lipinski definition) is 10. The molecule has 0 saturated heterocycles. The van der Waals surface area contributed by atoms with Crippen LogP contribution in [0, 0.1) is 35.0 Å². The first-order valence-electron chi connectivity index (χ1n) is 23.6. The Bertz CT molecular complexity index is 2520. The number of nitrogens with one attached hydrogen (secondary N) is 6. The second-order valence-electron chi connectivity index (χ2n) is 18.6. The molecule has 67 heavy (non-hydrogen) atoms. The maximum absolute atomic E-state index is 13.2. The molecule has 0 radical (unpaired) electrons. The van der Waals surface area contributed by atoms with Gasteiger partial charge in [0.1, 0.15) is 58.6 Å². The molecule has 4 saturated carbocycles. The summed E-state index contributed by atoms with van der Waals surface area (Å²) in [5.41, 5.74) is 7.71. The van der Waals surface area contributed by atoms with Crippen molar-refractivity contribution in [2.24, 2.45) is 29.4 Å². The molecule has 8 rings (SSSR count). The number of fused-ring (bicyclic) bond motifs is 2. The molecule has 0 spiro atoms. The second-order valence-corrected chi connectivity index (χ2v) is 18.6. The van der Waals surface area contributed by atoms with E-state index in [1.807, 2.05) is 36.4 Å². The highest BCUT2D eigenvalue weighted by Crippen LogP contribution is 2.33. The first-order chi connectivity index (χ1) is 32.3. The number of Topliss-reactive ketones (excluding diaryl/α,β-unsaturated/α-hetero) is 2. The molecule has 4 aliphatic rings. The van der Waals surface area contributed by atoms with Gasteiger partial charge in [-0.1, -0.05) is 50.7 Å². The van der Waals surface area contributed by atoms with Crippen LogP contribution in [0.2, 0.25) is 0 Å².